The molecule has 1 aromatic heterocycles. The molecule has 6 nitrogen and oxygen atoms in total. The standard InChI is InChI=1S/C14H26N4O2/c1-11(2)7-18-10-15-16-14(18)13-5-4-6-17(13)8-12(19)9-20-3/h10-13,19H,4-9H2,1-3H3. The molecule has 0 aliphatic carbocycles. The van der Waals surface area contributed by atoms with Crippen LogP contribution >= 0.6 is 0 Å². The quantitative estimate of drug-likeness (QED) is 0.811. The van der Waals surface area contributed by atoms with E-state index in [1.54, 1.807) is 7.11 Å². The van der Waals surface area contributed by atoms with Gasteiger partial charge in [0.25, 0.3) is 0 Å². The molecule has 0 bridgehead atoms. The zero-order valence-electron chi connectivity index (χ0n) is 12.7. The van der Waals surface area contributed by atoms with Gasteiger partial charge in [-0.05, 0) is 25.3 Å². The van der Waals surface area contributed by atoms with E-state index in [1.165, 1.54) is 0 Å². The third-order valence-corrected chi connectivity index (χ3v) is 3.67. The van der Waals surface area contributed by atoms with E-state index in [0.29, 0.717) is 19.1 Å². The average molecular weight is 282 g/mol. The van der Waals surface area contributed by atoms with Gasteiger partial charge in [-0.15, -0.1) is 10.2 Å². The molecule has 0 amide bonds. The predicted molar refractivity (Wildman–Crippen MR) is 76.3 cm³/mol. The Labute approximate surface area is 120 Å². The number of hydrogen-bond donors (Lipinski definition) is 1. The Morgan fingerprint density at radius 2 is 2.25 bits per heavy atom. The number of aromatic nitrogens is 3. The van der Waals surface area contributed by atoms with Crippen LogP contribution in [0.4, 0.5) is 0 Å². The number of likely N-dealkylation sites (tertiary alicyclic amines) is 1. The third kappa shape index (κ3) is 3.77. The molecular weight excluding hydrogens is 256 g/mol. The van der Waals surface area contributed by atoms with Crippen molar-refractivity contribution in [1.29, 1.82) is 0 Å². The average Bonchev–Trinajstić information content (AvgIpc) is 2.97. The van der Waals surface area contributed by atoms with E-state index in [4.69, 9.17) is 4.74 Å². The maximum Gasteiger partial charge on any atom is 0.150 e. The van der Waals surface area contributed by atoms with E-state index >= 15 is 0 Å². The lowest BCUT2D eigenvalue weighted by Crippen LogP contribution is -2.35. The Hall–Kier alpha value is -0.980. The Morgan fingerprint density at radius 1 is 1.45 bits per heavy atom. The van der Waals surface area contributed by atoms with Crippen molar-refractivity contribution in [2.75, 3.05) is 26.8 Å². The van der Waals surface area contributed by atoms with Crippen LogP contribution in [0.1, 0.15) is 38.6 Å². The zero-order valence-corrected chi connectivity index (χ0v) is 12.7. The molecule has 0 spiro atoms. The monoisotopic (exact) mass is 282 g/mol. The Kier molecular flexibility index (Phi) is 5.51. The molecule has 2 atom stereocenters. The molecule has 1 saturated heterocycles. The lowest BCUT2D eigenvalue weighted by atomic mass is 10.1. The van der Waals surface area contributed by atoms with Crippen LogP contribution in [0.3, 0.4) is 0 Å². The molecule has 1 aliphatic rings. The minimum absolute atomic E-state index is 0.266. The van der Waals surface area contributed by atoms with Crippen LogP contribution in [-0.4, -0.2) is 57.7 Å². The fourth-order valence-corrected chi connectivity index (χ4v) is 2.91. The van der Waals surface area contributed by atoms with E-state index in [1.807, 2.05) is 6.33 Å². The number of rotatable bonds is 7. The summed E-state index contributed by atoms with van der Waals surface area (Å²) >= 11 is 0. The maximum atomic E-state index is 9.93. The summed E-state index contributed by atoms with van der Waals surface area (Å²) in [6, 6.07) is 0.266. The van der Waals surface area contributed by atoms with Gasteiger partial charge in [0.15, 0.2) is 0 Å². The van der Waals surface area contributed by atoms with Gasteiger partial charge in [-0.2, -0.15) is 0 Å². The molecule has 2 rings (SSSR count). The third-order valence-electron chi connectivity index (χ3n) is 3.67. The molecule has 20 heavy (non-hydrogen) atoms. The van der Waals surface area contributed by atoms with E-state index in [9.17, 15) is 5.11 Å². The molecule has 0 aromatic carbocycles. The van der Waals surface area contributed by atoms with Gasteiger partial charge in [-0.3, -0.25) is 4.90 Å². The van der Waals surface area contributed by atoms with E-state index in [2.05, 4.69) is 33.5 Å². The zero-order chi connectivity index (χ0) is 14.5. The summed E-state index contributed by atoms with van der Waals surface area (Å²) in [5, 5.41) is 18.3. The molecule has 1 aromatic rings. The first-order valence-corrected chi connectivity index (χ1v) is 7.40. The van der Waals surface area contributed by atoms with Crippen LogP contribution in [0.25, 0.3) is 0 Å². The second kappa shape index (κ2) is 7.15. The summed E-state index contributed by atoms with van der Waals surface area (Å²) in [5.41, 5.74) is 0. The van der Waals surface area contributed by atoms with Crippen LogP contribution in [0.5, 0.6) is 0 Å². The lowest BCUT2D eigenvalue weighted by molar-refractivity contribution is 0.0334. The summed E-state index contributed by atoms with van der Waals surface area (Å²) in [5.74, 6) is 1.60. The van der Waals surface area contributed by atoms with E-state index in [-0.39, 0.29) is 6.04 Å². The van der Waals surface area contributed by atoms with Gasteiger partial charge in [0, 0.05) is 20.2 Å². The smallest absolute Gasteiger partial charge is 0.150 e. The van der Waals surface area contributed by atoms with Crippen LogP contribution in [-0.2, 0) is 11.3 Å². The first kappa shape index (κ1) is 15.4. The van der Waals surface area contributed by atoms with E-state index < -0.39 is 6.10 Å². The fraction of sp³-hybridized carbons (Fsp3) is 0.857. The number of β-amino-alcohol motifs (C(OH)–C–C–N with tert-alkyl or cyclic N) is 1. The highest BCUT2D eigenvalue weighted by molar-refractivity contribution is 4.99. The molecule has 2 heterocycles. The van der Waals surface area contributed by atoms with Gasteiger partial charge in [-0.25, -0.2) is 0 Å². The maximum absolute atomic E-state index is 9.93. The molecule has 6 heteroatoms. The van der Waals surface area contributed by atoms with Crippen LogP contribution in [0.2, 0.25) is 0 Å². The van der Waals surface area contributed by atoms with Gasteiger partial charge >= 0.3 is 0 Å². The molecule has 1 aliphatic heterocycles. The summed E-state index contributed by atoms with van der Waals surface area (Å²) in [6.07, 6.45) is 3.59. The number of ether oxygens (including phenoxy) is 1. The van der Waals surface area contributed by atoms with Crippen molar-refractivity contribution in [2.45, 2.75) is 45.4 Å². The number of aliphatic hydroxyl groups is 1. The van der Waals surface area contributed by atoms with Crippen LogP contribution < -0.4 is 0 Å². The summed E-state index contributed by atoms with van der Waals surface area (Å²) < 4.78 is 7.16. The van der Waals surface area contributed by atoms with Crippen molar-refractivity contribution in [3.63, 3.8) is 0 Å². The van der Waals surface area contributed by atoms with Crippen LogP contribution in [0.15, 0.2) is 6.33 Å². The molecule has 1 N–H and O–H groups in total. The first-order chi connectivity index (χ1) is 9.61. The number of aliphatic hydroxyl groups excluding tert-OH is 1. The topological polar surface area (TPSA) is 63.4 Å². The lowest BCUT2D eigenvalue weighted by Gasteiger charge is -2.26. The first-order valence-electron chi connectivity index (χ1n) is 7.40. The van der Waals surface area contributed by atoms with E-state index in [0.717, 1.165) is 31.8 Å². The number of nitrogens with zero attached hydrogens (tertiary/aromatic N) is 4. The van der Waals surface area contributed by atoms with Crippen LogP contribution in [0, 0.1) is 5.92 Å². The van der Waals surface area contributed by atoms with Crippen molar-refractivity contribution in [3.05, 3.63) is 12.2 Å². The highest BCUT2D eigenvalue weighted by atomic mass is 16.5. The van der Waals surface area contributed by atoms with Gasteiger partial charge in [0.1, 0.15) is 12.2 Å². The molecule has 1 fully saturated rings. The van der Waals surface area contributed by atoms with Gasteiger partial charge in [-0.1, -0.05) is 13.8 Å². The Morgan fingerprint density at radius 3 is 2.95 bits per heavy atom. The number of hydrogen-bond acceptors (Lipinski definition) is 5. The van der Waals surface area contributed by atoms with Gasteiger partial charge in [0.05, 0.1) is 18.8 Å². The van der Waals surface area contributed by atoms with Crippen molar-refractivity contribution in [2.24, 2.45) is 5.92 Å². The summed E-state index contributed by atoms with van der Waals surface area (Å²) in [6.45, 7) is 7.33. The number of methoxy groups -OCH3 is 1. The largest absolute Gasteiger partial charge is 0.389 e. The highest BCUT2D eigenvalue weighted by Crippen LogP contribution is 2.30. The molecule has 0 radical (unpaired) electrons. The van der Waals surface area contributed by atoms with Gasteiger partial charge < -0.3 is 14.4 Å². The van der Waals surface area contributed by atoms with Crippen molar-refractivity contribution >= 4 is 0 Å². The molecule has 0 saturated carbocycles. The molecular formula is C14H26N4O2. The van der Waals surface area contributed by atoms with Crippen molar-refractivity contribution in [3.8, 4) is 0 Å². The molecule has 2 unspecified atom stereocenters. The SMILES string of the molecule is COCC(O)CN1CCCC1c1nncn1CC(C)C. The highest BCUT2D eigenvalue weighted by Gasteiger charge is 2.31. The van der Waals surface area contributed by atoms with Crippen molar-refractivity contribution in [1.82, 2.24) is 19.7 Å². The Bertz CT molecular complexity index is 408. The summed E-state index contributed by atoms with van der Waals surface area (Å²) in [7, 11) is 1.62. The minimum atomic E-state index is -0.443. The normalized spacial score (nSPS) is 21.8. The second-order valence-corrected chi connectivity index (χ2v) is 6.00. The fourth-order valence-electron chi connectivity index (χ4n) is 2.91. The molecule has 114 valence electrons. The Balaban J connectivity index is 2.05. The second-order valence-electron chi connectivity index (χ2n) is 6.00. The van der Waals surface area contributed by atoms with Gasteiger partial charge in [0.2, 0.25) is 0 Å². The van der Waals surface area contributed by atoms with Crippen molar-refractivity contribution < 1.29 is 9.84 Å². The summed E-state index contributed by atoms with van der Waals surface area (Å²) in [4.78, 5) is 2.30. The predicted octanol–water partition coefficient (Wildman–Crippen LogP) is 1.08. The minimum Gasteiger partial charge on any atom is -0.389 e.